The first-order valence-electron chi connectivity index (χ1n) is 5.18. The lowest BCUT2D eigenvalue weighted by atomic mass is 10.0. The van der Waals surface area contributed by atoms with Crippen LogP contribution in [0.15, 0.2) is 0 Å². The lowest BCUT2D eigenvalue weighted by molar-refractivity contribution is -0.0886. The van der Waals surface area contributed by atoms with E-state index in [1.54, 1.807) is 0 Å². The number of H-pyrrole nitrogens is 1. The van der Waals surface area contributed by atoms with Crippen molar-refractivity contribution < 1.29 is 27.5 Å². The molecule has 4 nitrogen and oxygen atoms in total. The Morgan fingerprint density at radius 3 is 2.11 bits per heavy atom. The second kappa shape index (κ2) is 4.83. The van der Waals surface area contributed by atoms with Gasteiger partial charge >= 0.3 is 12.1 Å². The number of nitrogens with one attached hydrogen (secondary N) is 1. The van der Waals surface area contributed by atoms with Crippen molar-refractivity contribution in [3.8, 4) is 0 Å². The van der Waals surface area contributed by atoms with Crippen LogP contribution < -0.4 is 0 Å². The molecule has 0 spiro atoms. The van der Waals surface area contributed by atoms with Gasteiger partial charge in [0.05, 0.1) is 17.7 Å². The number of carbonyl (C=O) groups is 2. The predicted octanol–water partition coefficient (Wildman–Crippen LogP) is 2.55. The average Bonchev–Trinajstić information content (AvgIpc) is 2.51. The standard InChI is InChI=1S/C11H12F3NO3/c1-4-18-10(17)8-6(3)15-5(2)7(8)9(16)11(12,13)14/h15H,4H2,1-3H3. The number of hydrogen-bond acceptors (Lipinski definition) is 3. The molecule has 1 heterocycles. The van der Waals surface area contributed by atoms with Crippen molar-refractivity contribution >= 4 is 11.8 Å². The Bertz CT molecular complexity index is 488. The van der Waals surface area contributed by atoms with Gasteiger partial charge in [0.15, 0.2) is 0 Å². The summed E-state index contributed by atoms with van der Waals surface area (Å²) in [6.45, 7) is 4.25. The number of aromatic amines is 1. The molecule has 1 aromatic rings. The van der Waals surface area contributed by atoms with Gasteiger partial charge in [-0.25, -0.2) is 4.79 Å². The maximum Gasteiger partial charge on any atom is 0.454 e. The lowest BCUT2D eigenvalue weighted by Gasteiger charge is -2.07. The molecule has 1 aromatic heterocycles. The third-order valence-electron chi connectivity index (χ3n) is 2.34. The van der Waals surface area contributed by atoms with Gasteiger partial charge in [-0.05, 0) is 20.8 Å². The zero-order valence-electron chi connectivity index (χ0n) is 10.1. The summed E-state index contributed by atoms with van der Waals surface area (Å²) in [6, 6.07) is 0. The molecule has 0 bridgehead atoms. The Morgan fingerprint density at radius 2 is 1.67 bits per heavy atom. The number of hydrogen-bond donors (Lipinski definition) is 1. The molecule has 18 heavy (non-hydrogen) atoms. The predicted molar refractivity (Wildman–Crippen MR) is 56.6 cm³/mol. The smallest absolute Gasteiger partial charge is 0.454 e. The van der Waals surface area contributed by atoms with E-state index in [9.17, 15) is 22.8 Å². The molecule has 7 heteroatoms. The summed E-state index contributed by atoms with van der Waals surface area (Å²) in [6.07, 6.45) is -5.03. The Morgan fingerprint density at radius 1 is 1.17 bits per heavy atom. The van der Waals surface area contributed by atoms with E-state index in [0.717, 1.165) is 0 Å². The summed E-state index contributed by atoms with van der Waals surface area (Å²) in [5.41, 5.74) is -0.841. The van der Waals surface area contributed by atoms with Crippen LogP contribution in [0.4, 0.5) is 13.2 Å². The summed E-state index contributed by atoms with van der Waals surface area (Å²) in [5, 5.41) is 0. The lowest BCUT2D eigenvalue weighted by Crippen LogP contribution is -2.25. The summed E-state index contributed by atoms with van der Waals surface area (Å²) in [7, 11) is 0. The van der Waals surface area contributed by atoms with Gasteiger partial charge in [0, 0.05) is 11.4 Å². The van der Waals surface area contributed by atoms with Crippen molar-refractivity contribution in [3.63, 3.8) is 0 Å². The second-order valence-corrected chi connectivity index (χ2v) is 3.67. The number of carbonyl (C=O) groups excluding carboxylic acids is 2. The fourth-order valence-electron chi connectivity index (χ4n) is 1.67. The summed E-state index contributed by atoms with van der Waals surface area (Å²) >= 11 is 0. The summed E-state index contributed by atoms with van der Waals surface area (Å²) < 4.78 is 42.0. The van der Waals surface area contributed by atoms with E-state index >= 15 is 0 Å². The summed E-state index contributed by atoms with van der Waals surface area (Å²) in [5.74, 6) is -2.99. The fraction of sp³-hybridized carbons (Fsp3) is 0.455. The molecule has 0 unspecified atom stereocenters. The highest BCUT2D eigenvalue weighted by atomic mass is 19.4. The van der Waals surface area contributed by atoms with E-state index in [4.69, 9.17) is 0 Å². The van der Waals surface area contributed by atoms with Crippen LogP contribution in [0.3, 0.4) is 0 Å². The zero-order chi connectivity index (χ0) is 14.1. The number of esters is 1. The second-order valence-electron chi connectivity index (χ2n) is 3.67. The number of Topliss-reactive ketones (excluding diaryl/α,β-unsaturated/α-hetero) is 1. The maximum absolute atomic E-state index is 12.4. The first-order valence-corrected chi connectivity index (χ1v) is 5.18. The molecule has 0 radical (unpaired) electrons. The molecular weight excluding hydrogens is 251 g/mol. The van der Waals surface area contributed by atoms with Crippen molar-refractivity contribution in [2.24, 2.45) is 0 Å². The monoisotopic (exact) mass is 263 g/mol. The highest BCUT2D eigenvalue weighted by molar-refractivity contribution is 6.10. The molecule has 100 valence electrons. The largest absolute Gasteiger partial charge is 0.462 e. The first-order chi connectivity index (χ1) is 8.20. The Balaban J connectivity index is 3.36. The van der Waals surface area contributed by atoms with Gasteiger partial charge in [0.1, 0.15) is 0 Å². The van der Waals surface area contributed by atoms with Crippen LogP contribution in [-0.2, 0) is 4.74 Å². The van der Waals surface area contributed by atoms with E-state index < -0.39 is 23.5 Å². The Kier molecular flexibility index (Phi) is 3.83. The number of halogens is 3. The van der Waals surface area contributed by atoms with Gasteiger partial charge in [0.2, 0.25) is 0 Å². The van der Waals surface area contributed by atoms with Crippen molar-refractivity contribution in [2.45, 2.75) is 26.9 Å². The minimum atomic E-state index is -5.03. The quantitative estimate of drug-likeness (QED) is 0.673. The van der Waals surface area contributed by atoms with E-state index in [2.05, 4.69) is 9.72 Å². The maximum atomic E-state index is 12.4. The molecule has 0 saturated heterocycles. The number of alkyl halides is 3. The SMILES string of the molecule is CCOC(=O)c1c(C)[nH]c(C)c1C(=O)C(F)(F)F. The van der Waals surface area contributed by atoms with Crippen LogP contribution in [0.25, 0.3) is 0 Å². The van der Waals surface area contributed by atoms with Crippen LogP contribution in [-0.4, -0.2) is 29.5 Å². The van der Waals surface area contributed by atoms with E-state index in [1.807, 2.05) is 0 Å². The van der Waals surface area contributed by atoms with Gasteiger partial charge in [-0.3, -0.25) is 4.79 Å². The van der Waals surface area contributed by atoms with E-state index in [-0.39, 0.29) is 23.6 Å². The Labute approximate surface area is 101 Å². The van der Waals surface area contributed by atoms with E-state index in [1.165, 1.54) is 20.8 Å². The third kappa shape index (κ3) is 2.55. The normalized spacial score (nSPS) is 11.4. The van der Waals surface area contributed by atoms with Gasteiger partial charge in [-0.2, -0.15) is 13.2 Å². The van der Waals surface area contributed by atoms with Crippen molar-refractivity contribution in [2.75, 3.05) is 6.61 Å². The van der Waals surface area contributed by atoms with Gasteiger partial charge in [-0.1, -0.05) is 0 Å². The molecular formula is C11H12F3NO3. The molecule has 0 aromatic carbocycles. The topological polar surface area (TPSA) is 59.2 Å². The number of ketones is 1. The first kappa shape index (κ1) is 14.3. The fourth-order valence-corrected chi connectivity index (χ4v) is 1.67. The number of rotatable bonds is 3. The number of aryl methyl sites for hydroxylation is 2. The number of ether oxygens (including phenoxy) is 1. The molecule has 0 atom stereocenters. The Hall–Kier alpha value is -1.79. The molecule has 0 fully saturated rings. The van der Waals surface area contributed by atoms with Crippen molar-refractivity contribution in [1.82, 2.24) is 4.98 Å². The van der Waals surface area contributed by atoms with Gasteiger partial charge in [0.25, 0.3) is 5.78 Å². The molecule has 1 N–H and O–H groups in total. The minimum Gasteiger partial charge on any atom is -0.462 e. The molecule has 0 aliphatic carbocycles. The molecule has 0 aliphatic heterocycles. The van der Waals surface area contributed by atoms with Crippen molar-refractivity contribution in [1.29, 1.82) is 0 Å². The number of aromatic nitrogens is 1. The van der Waals surface area contributed by atoms with Crippen LogP contribution in [0.2, 0.25) is 0 Å². The average molecular weight is 263 g/mol. The van der Waals surface area contributed by atoms with Crippen LogP contribution in [0.1, 0.15) is 39.0 Å². The van der Waals surface area contributed by atoms with Crippen LogP contribution >= 0.6 is 0 Å². The van der Waals surface area contributed by atoms with Crippen molar-refractivity contribution in [3.05, 3.63) is 22.5 Å². The molecule has 0 amide bonds. The molecule has 0 aliphatic rings. The molecule has 0 saturated carbocycles. The third-order valence-corrected chi connectivity index (χ3v) is 2.34. The van der Waals surface area contributed by atoms with E-state index in [0.29, 0.717) is 0 Å². The minimum absolute atomic E-state index is 0.00196. The summed E-state index contributed by atoms with van der Waals surface area (Å²) in [4.78, 5) is 25.4. The van der Waals surface area contributed by atoms with Gasteiger partial charge < -0.3 is 9.72 Å². The molecule has 1 rings (SSSR count). The van der Waals surface area contributed by atoms with Gasteiger partial charge in [-0.15, -0.1) is 0 Å². The highest BCUT2D eigenvalue weighted by Gasteiger charge is 2.43. The zero-order valence-corrected chi connectivity index (χ0v) is 10.1. The van der Waals surface area contributed by atoms with Crippen LogP contribution in [0, 0.1) is 13.8 Å². The van der Waals surface area contributed by atoms with Crippen LogP contribution in [0.5, 0.6) is 0 Å². The highest BCUT2D eigenvalue weighted by Crippen LogP contribution is 2.28.